The Morgan fingerprint density at radius 1 is 1.35 bits per heavy atom. The lowest BCUT2D eigenvalue weighted by Gasteiger charge is -2.03. The van der Waals surface area contributed by atoms with Gasteiger partial charge in [0.25, 0.3) is 0 Å². The highest BCUT2D eigenvalue weighted by Crippen LogP contribution is 1.96. The number of hydrogen-bond acceptors (Lipinski definition) is 3. The molecule has 88 valence electrons. The third kappa shape index (κ3) is 3.71. The Bertz CT molecular complexity index is 453. The van der Waals surface area contributed by atoms with E-state index in [4.69, 9.17) is 0 Å². The summed E-state index contributed by atoms with van der Waals surface area (Å²) in [5, 5.41) is 9.40. The zero-order valence-corrected chi connectivity index (χ0v) is 9.39. The summed E-state index contributed by atoms with van der Waals surface area (Å²) >= 11 is 0. The minimum absolute atomic E-state index is 0.00172. The van der Waals surface area contributed by atoms with Crippen molar-refractivity contribution in [2.24, 2.45) is 0 Å². The van der Waals surface area contributed by atoms with Crippen molar-refractivity contribution in [3.63, 3.8) is 0 Å². The lowest BCUT2D eigenvalue weighted by atomic mass is 10.2. The van der Waals surface area contributed by atoms with Crippen molar-refractivity contribution < 1.29 is 4.79 Å². The highest BCUT2D eigenvalue weighted by molar-refractivity contribution is 5.78. The van der Waals surface area contributed by atoms with E-state index in [1.807, 2.05) is 12.1 Å². The third-order valence-corrected chi connectivity index (χ3v) is 2.37. The van der Waals surface area contributed by atoms with Crippen LogP contribution in [-0.4, -0.2) is 27.6 Å². The number of nitrogens with one attached hydrogen (secondary N) is 2. The maximum Gasteiger partial charge on any atom is 0.226 e. The van der Waals surface area contributed by atoms with Gasteiger partial charge in [-0.1, -0.05) is 6.07 Å². The number of hydrogen-bond donors (Lipinski definition) is 2. The second-order valence-electron chi connectivity index (χ2n) is 3.72. The molecule has 0 fully saturated rings. The van der Waals surface area contributed by atoms with Gasteiger partial charge in [0.1, 0.15) is 0 Å². The van der Waals surface area contributed by atoms with Crippen LogP contribution in [0.5, 0.6) is 0 Å². The van der Waals surface area contributed by atoms with E-state index in [1.165, 1.54) is 0 Å². The Hall–Kier alpha value is -2.17. The van der Waals surface area contributed by atoms with Crippen LogP contribution in [0.15, 0.2) is 36.8 Å². The van der Waals surface area contributed by atoms with Crippen molar-refractivity contribution in [1.82, 2.24) is 20.5 Å². The SMILES string of the molecule is O=C(Cc1ccn[nH]1)NCCc1cccnc1. The van der Waals surface area contributed by atoms with E-state index in [0.29, 0.717) is 13.0 Å². The third-order valence-electron chi connectivity index (χ3n) is 2.37. The van der Waals surface area contributed by atoms with Crippen LogP contribution < -0.4 is 5.32 Å². The summed E-state index contributed by atoms with van der Waals surface area (Å²) in [7, 11) is 0. The number of carbonyl (C=O) groups is 1. The lowest BCUT2D eigenvalue weighted by Crippen LogP contribution is -2.27. The molecule has 2 aromatic heterocycles. The Balaban J connectivity index is 1.70. The fourth-order valence-electron chi connectivity index (χ4n) is 1.51. The fourth-order valence-corrected chi connectivity index (χ4v) is 1.51. The molecule has 0 aromatic carbocycles. The minimum atomic E-state index is -0.00172. The van der Waals surface area contributed by atoms with Crippen LogP contribution in [-0.2, 0) is 17.6 Å². The Labute approximate surface area is 99.3 Å². The van der Waals surface area contributed by atoms with Crippen LogP contribution >= 0.6 is 0 Å². The molecule has 1 amide bonds. The van der Waals surface area contributed by atoms with E-state index in [0.717, 1.165) is 17.7 Å². The molecule has 0 aliphatic carbocycles. The molecule has 2 rings (SSSR count). The number of amides is 1. The summed E-state index contributed by atoms with van der Waals surface area (Å²) in [5.74, 6) is -0.00172. The zero-order valence-electron chi connectivity index (χ0n) is 9.39. The molecular formula is C12H14N4O. The smallest absolute Gasteiger partial charge is 0.226 e. The van der Waals surface area contributed by atoms with Crippen molar-refractivity contribution >= 4 is 5.91 Å². The number of carbonyl (C=O) groups excluding carboxylic acids is 1. The van der Waals surface area contributed by atoms with E-state index < -0.39 is 0 Å². The monoisotopic (exact) mass is 230 g/mol. The van der Waals surface area contributed by atoms with Gasteiger partial charge in [0, 0.05) is 30.8 Å². The molecule has 2 N–H and O–H groups in total. The molecule has 0 saturated heterocycles. The van der Waals surface area contributed by atoms with Crippen molar-refractivity contribution in [2.45, 2.75) is 12.8 Å². The van der Waals surface area contributed by atoms with Gasteiger partial charge in [0.05, 0.1) is 6.42 Å². The van der Waals surface area contributed by atoms with Gasteiger partial charge in [-0.2, -0.15) is 5.10 Å². The molecule has 0 saturated carbocycles. The minimum Gasteiger partial charge on any atom is -0.355 e. The van der Waals surface area contributed by atoms with Gasteiger partial charge in [-0.3, -0.25) is 14.9 Å². The van der Waals surface area contributed by atoms with E-state index in [-0.39, 0.29) is 5.91 Å². The standard InChI is InChI=1S/C12H14N4O/c17-12(8-11-4-7-15-16-11)14-6-3-10-2-1-5-13-9-10/h1-2,4-5,7,9H,3,6,8H2,(H,14,17)(H,15,16). The molecule has 0 radical (unpaired) electrons. The van der Waals surface area contributed by atoms with Gasteiger partial charge in [-0.15, -0.1) is 0 Å². The topological polar surface area (TPSA) is 70.7 Å². The number of nitrogens with zero attached hydrogens (tertiary/aromatic N) is 2. The Morgan fingerprint density at radius 3 is 3.00 bits per heavy atom. The average molecular weight is 230 g/mol. The summed E-state index contributed by atoms with van der Waals surface area (Å²) in [6, 6.07) is 5.68. The van der Waals surface area contributed by atoms with Crippen LogP contribution in [0.3, 0.4) is 0 Å². The summed E-state index contributed by atoms with van der Waals surface area (Å²) in [6.07, 6.45) is 6.31. The van der Waals surface area contributed by atoms with Crippen LogP contribution in [0.25, 0.3) is 0 Å². The fraction of sp³-hybridized carbons (Fsp3) is 0.250. The zero-order chi connectivity index (χ0) is 11.9. The first kappa shape index (κ1) is 11.3. The van der Waals surface area contributed by atoms with Gasteiger partial charge in [-0.25, -0.2) is 0 Å². The average Bonchev–Trinajstić information content (AvgIpc) is 2.83. The second kappa shape index (κ2) is 5.79. The van der Waals surface area contributed by atoms with E-state index in [2.05, 4.69) is 20.5 Å². The summed E-state index contributed by atoms with van der Waals surface area (Å²) < 4.78 is 0. The normalized spacial score (nSPS) is 10.1. The highest BCUT2D eigenvalue weighted by Gasteiger charge is 2.03. The van der Waals surface area contributed by atoms with E-state index in [9.17, 15) is 4.79 Å². The molecule has 17 heavy (non-hydrogen) atoms. The van der Waals surface area contributed by atoms with Crippen LogP contribution in [0.1, 0.15) is 11.3 Å². The summed E-state index contributed by atoms with van der Waals surface area (Å²) in [4.78, 5) is 15.5. The van der Waals surface area contributed by atoms with Crippen molar-refractivity contribution in [1.29, 1.82) is 0 Å². The second-order valence-corrected chi connectivity index (χ2v) is 3.72. The molecule has 5 nitrogen and oxygen atoms in total. The van der Waals surface area contributed by atoms with Crippen molar-refractivity contribution in [2.75, 3.05) is 6.54 Å². The first-order valence-electron chi connectivity index (χ1n) is 5.48. The first-order chi connectivity index (χ1) is 8.34. The molecule has 0 aliphatic heterocycles. The molecule has 0 aliphatic rings. The predicted molar refractivity (Wildman–Crippen MR) is 63.2 cm³/mol. The van der Waals surface area contributed by atoms with Crippen LogP contribution in [0.2, 0.25) is 0 Å². The molecule has 2 aromatic rings. The highest BCUT2D eigenvalue weighted by atomic mass is 16.1. The quantitative estimate of drug-likeness (QED) is 0.794. The molecule has 0 bridgehead atoms. The van der Waals surface area contributed by atoms with Crippen molar-refractivity contribution in [3.05, 3.63) is 48.0 Å². The number of pyridine rings is 1. The van der Waals surface area contributed by atoms with Gasteiger partial charge in [-0.05, 0) is 24.1 Å². The van der Waals surface area contributed by atoms with E-state index >= 15 is 0 Å². The van der Waals surface area contributed by atoms with Gasteiger partial charge in [0.2, 0.25) is 5.91 Å². The molecule has 0 atom stereocenters. The maximum atomic E-state index is 11.5. The summed E-state index contributed by atoms with van der Waals surface area (Å²) in [5.41, 5.74) is 1.94. The van der Waals surface area contributed by atoms with Gasteiger partial charge >= 0.3 is 0 Å². The first-order valence-corrected chi connectivity index (χ1v) is 5.48. The van der Waals surface area contributed by atoms with E-state index in [1.54, 1.807) is 24.7 Å². The molecular weight excluding hydrogens is 216 g/mol. The predicted octanol–water partition coefficient (Wildman–Crippen LogP) is 0.706. The largest absolute Gasteiger partial charge is 0.355 e. The van der Waals surface area contributed by atoms with Gasteiger partial charge < -0.3 is 5.32 Å². The Kier molecular flexibility index (Phi) is 3.85. The lowest BCUT2D eigenvalue weighted by molar-refractivity contribution is -0.120. The maximum absolute atomic E-state index is 11.5. The number of aromatic nitrogens is 3. The van der Waals surface area contributed by atoms with Crippen molar-refractivity contribution in [3.8, 4) is 0 Å². The number of H-pyrrole nitrogens is 1. The Morgan fingerprint density at radius 2 is 2.29 bits per heavy atom. The molecule has 0 unspecified atom stereocenters. The summed E-state index contributed by atoms with van der Waals surface area (Å²) in [6.45, 7) is 0.624. The van der Waals surface area contributed by atoms with Crippen LogP contribution in [0, 0.1) is 0 Å². The molecule has 0 spiro atoms. The molecule has 5 heteroatoms. The van der Waals surface area contributed by atoms with Crippen LogP contribution in [0.4, 0.5) is 0 Å². The number of aromatic amines is 1. The molecule has 2 heterocycles. The van der Waals surface area contributed by atoms with Gasteiger partial charge in [0.15, 0.2) is 0 Å². The number of rotatable bonds is 5.